The van der Waals surface area contributed by atoms with Crippen LogP contribution in [0.5, 0.6) is 0 Å². The van der Waals surface area contributed by atoms with Gasteiger partial charge in [0.25, 0.3) is 0 Å². The molecule has 2 unspecified atom stereocenters. The van der Waals surface area contributed by atoms with E-state index in [4.69, 9.17) is 10.5 Å². The molecule has 1 heterocycles. The molecule has 5 heteroatoms. The predicted molar refractivity (Wildman–Crippen MR) is 72.7 cm³/mol. The van der Waals surface area contributed by atoms with Crippen LogP contribution in [0.2, 0.25) is 0 Å². The summed E-state index contributed by atoms with van der Waals surface area (Å²) in [6.45, 7) is 4.33. The maximum Gasteiger partial charge on any atom is 0.326 e. The van der Waals surface area contributed by atoms with E-state index in [2.05, 4.69) is 16.5 Å². The van der Waals surface area contributed by atoms with Crippen molar-refractivity contribution in [2.45, 2.75) is 57.5 Å². The summed E-state index contributed by atoms with van der Waals surface area (Å²) < 4.78 is 7.26. The third-order valence-electron chi connectivity index (χ3n) is 3.82. The Balaban J connectivity index is 2.09. The Morgan fingerprint density at radius 3 is 3.11 bits per heavy atom. The van der Waals surface area contributed by atoms with Gasteiger partial charge in [-0.15, -0.1) is 0 Å². The number of aromatic nitrogens is 2. The number of nitrogens with two attached hydrogens (primary N) is 1. The van der Waals surface area contributed by atoms with E-state index in [0.29, 0.717) is 19.4 Å². The summed E-state index contributed by atoms with van der Waals surface area (Å²) in [4.78, 5) is 16.3. The van der Waals surface area contributed by atoms with E-state index in [1.54, 1.807) is 0 Å². The number of carbonyl (C=O) groups is 1. The average molecular weight is 265 g/mol. The lowest BCUT2D eigenvalue weighted by atomic mass is 9.99. The van der Waals surface area contributed by atoms with E-state index in [9.17, 15) is 4.79 Å². The molecule has 0 bridgehead atoms. The Kier molecular flexibility index (Phi) is 4.24. The molecule has 1 fully saturated rings. The van der Waals surface area contributed by atoms with Gasteiger partial charge in [-0.05, 0) is 32.6 Å². The first-order valence-electron chi connectivity index (χ1n) is 7.08. The zero-order valence-electron chi connectivity index (χ0n) is 11.8. The molecular formula is C14H23N3O2. The molecule has 1 aromatic heterocycles. The summed E-state index contributed by atoms with van der Waals surface area (Å²) in [5.74, 6) is 0.815. The highest BCUT2D eigenvalue weighted by molar-refractivity contribution is 5.81. The number of ether oxygens (including phenoxy) is 1. The molecule has 0 saturated heterocycles. The highest BCUT2D eigenvalue weighted by Crippen LogP contribution is 2.37. The molecule has 1 aliphatic rings. The maximum absolute atomic E-state index is 11.9. The van der Waals surface area contributed by atoms with Crippen molar-refractivity contribution >= 4 is 5.97 Å². The Bertz CT molecular complexity index is 444. The Labute approximate surface area is 114 Å². The summed E-state index contributed by atoms with van der Waals surface area (Å²) in [5.41, 5.74) is 5.38. The Morgan fingerprint density at radius 1 is 1.63 bits per heavy atom. The van der Waals surface area contributed by atoms with Gasteiger partial charge in [0.05, 0.1) is 6.61 Å². The van der Waals surface area contributed by atoms with Gasteiger partial charge in [-0.1, -0.05) is 6.92 Å². The second-order valence-corrected chi connectivity index (χ2v) is 5.27. The fraction of sp³-hybridized carbons (Fsp3) is 0.714. The van der Waals surface area contributed by atoms with E-state index in [-0.39, 0.29) is 12.0 Å². The van der Waals surface area contributed by atoms with Crippen molar-refractivity contribution in [1.82, 2.24) is 9.55 Å². The minimum Gasteiger partial charge on any atom is -0.465 e. The number of carbonyl (C=O) groups excluding carboxylic acids is 1. The minimum absolute atomic E-state index is 0.262. The number of hydrogen-bond donors (Lipinski definition) is 1. The van der Waals surface area contributed by atoms with Gasteiger partial charge in [0.2, 0.25) is 0 Å². The first-order chi connectivity index (χ1) is 9.10. The lowest BCUT2D eigenvalue weighted by Crippen LogP contribution is -2.46. The van der Waals surface area contributed by atoms with Gasteiger partial charge < -0.3 is 15.0 Å². The van der Waals surface area contributed by atoms with Crippen LogP contribution in [-0.2, 0) is 16.0 Å². The van der Waals surface area contributed by atoms with Gasteiger partial charge in [0.15, 0.2) is 0 Å². The highest BCUT2D eigenvalue weighted by atomic mass is 16.5. The third-order valence-corrected chi connectivity index (χ3v) is 3.82. The predicted octanol–water partition coefficient (Wildman–Crippen LogP) is 1.82. The molecule has 106 valence electrons. The van der Waals surface area contributed by atoms with Gasteiger partial charge in [0.1, 0.15) is 11.4 Å². The van der Waals surface area contributed by atoms with Crippen LogP contribution < -0.4 is 5.73 Å². The molecule has 0 aliphatic heterocycles. The van der Waals surface area contributed by atoms with Crippen LogP contribution >= 0.6 is 0 Å². The molecule has 2 atom stereocenters. The summed E-state index contributed by atoms with van der Waals surface area (Å²) in [6, 6.07) is 0.262. The van der Waals surface area contributed by atoms with Crippen molar-refractivity contribution in [1.29, 1.82) is 0 Å². The molecule has 19 heavy (non-hydrogen) atoms. The molecule has 0 spiro atoms. The number of rotatable bonds is 5. The standard InChI is InChI=1S/C14H23N3O2/c1-3-5-12-16-8-9-17(12)11-6-7-14(15,10-11)13(18)19-4-2/h8-9,11H,3-7,10,15H2,1-2H3. The third kappa shape index (κ3) is 2.81. The van der Waals surface area contributed by atoms with E-state index >= 15 is 0 Å². The van der Waals surface area contributed by atoms with Crippen LogP contribution in [-0.4, -0.2) is 27.7 Å². The van der Waals surface area contributed by atoms with E-state index in [1.165, 1.54) is 0 Å². The lowest BCUT2D eigenvalue weighted by molar-refractivity contribution is -0.149. The summed E-state index contributed by atoms with van der Waals surface area (Å²) in [5, 5.41) is 0. The Morgan fingerprint density at radius 2 is 2.42 bits per heavy atom. The van der Waals surface area contributed by atoms with Gasteiger partial charge in [-0.3, -0.25) is 4.79 Å². The molecule has 5 nitrogen and oxygen atoms in total. The van der Waals surface area contributed by atoms with Crippen molar-refractivity contribution in [3.63, 3.8) is 0 Å². The highest BCUT2D eigenvalue weighted by Gasteiger charge is 2.44. The lowest BCUT2D eigenvalue weighted by Gasteiger charge is -2.22. The molecule has 2 rings (SSSR count). The molecule has 1 aliphatic carbocycles. The summed E-state index contributed by atoms with van der Waals surface area (Å²) in [7, 11) is 0. The first-order valence-corrected chi connectivity index (χ1v) is 7.08. The van der Waals surface area contributed by atoms with Crippen LogP contribution in [0, 0.1) is 0 Å². The molecule has 0 amide bonds. The van der Waals surface area contributed by atoms with Gasteiger partial charge in [-0.25, -0.2) is 4.98 Å². The number of esters is 1. The molecule has 2 N–H and O–H groups in total. The second-order valence-electron chi connectivity index (χ2n) is 5.27. The van der Waals surface area contributed by atoms with Crippen molar-refractivity contribution < 1.29 is 9.53 Å². The van der Waals surface area contributed by atoms with Gasteiger partial charge in [-0.2, -0.15) is 0 Å². The van der Waals surface area contributed by atoms with Crippen molar-refractivity contribution in [2.75, 3.05) is 6.61 Å². The fourth-order valence-corrected chi connectivity index (χ4v) is 2.84. The topological polar surface area (TPSA) is 70.1 Å². The summed E-state index contributed by atoms with van der Waals surface area (Å²) >= 11 is 0. The van der Waals surface area contributed by atoms with Crippen LogP contribution in [0.4, 0.5) is 0 Å². The minimum atomic E-state index is -0.825. The number of nitrogens with zero attached hydrogens (tertiary/aromatic N) is 2. The molecule has 0 aromatic carbocycles. The second kappa shape index (κ2) is 5.74. The smallest absolute Gasteiger partial charge is 0.326 e. The van der Waals surface area contributed by atoms with E-state index < -0.39 is 5.54 Å². The first kappa shape index (κ1) is 14.1. The van der Waals surface area contributed by atoms with Crippen LogP contribution in [0.1, 0.15) is 51.4 Å². The Hall–Kier alpha value is -1.36. The quantitative estimate of drug-likeness (QED) is 0.824. The monoisotopic (exact) mass is 265 g/mol. The van der Waals surface area contributed by atoms with Crippen molar-refractivity contribution in [3.8, 4) is 0 Å². The number of imidazole rings is 1. The zero-order valence-corrected chi connectivity index (χ0v) is 11.8. The maximum atomic E-state index is 11.9. The van der Waals surface area contributed by atoms with Crippen LogP contribution in [0.15, 0.2) is 12.4 Å². The van der Waals surface area contributed by atoms with Crippen LogP contribution in [0.25, 0.3) is 0 Å². The molecular weight excluding hydrogens is 242 g/mol. The normalized spacial score (nSPS) is 26.6. The van der Waals surface area contributed by atoms with Gasteiger partial charge >= 0.3 is 5.97 Å². The SMILES string of the molecule is CCCc1nccn1C1CCC(N)(C(=O)OCC)C1. The van der Waals surface area contributed by atoms with E-state index in [0.717, 1.165) is 25.1 Å². The number of aryl methyl sites for hydroxylation is 1. The fourth-order valence-electron chi connectivity index (χ4n) is 2.84. The van der Waals surface area contributed by atoms with Gasteiger partial charge in [0, 0.05) is 24.9 Å². The molecule has 1 aromatic rings. The van der Waals surface area contributed by atoms with Crippen molar-refractivity contribution in [3.05, 3.63) is 18.2 Å². The molecule has 0 radical (unpaired) electrons. The summed E-state index contributed by atoms with van der Waals surface area (Å²) in [6.07, 6.45) is 8.07. The largest absolute Gasteiger partial charge is 0.465 e. The zero-order chi connectivity index (χ0) is 13.9. The van der Waals surface area contributed by atoms with Crippen LogP contribution in [0.3, 0.4) is 0 Å². The molecule has 1 saturated carbocycles. The van der Waals surface area contributed by atoms with Crippen molar-refractivity contribution in [2.24, 2.45) is 5.73 Å². The average Bonchev–Trinajstić information content (AvgIpc) is 2.97. The number of hydrogen-bond acceptors (Lipinski definition) is 4. The van der Waals surface area contributed by atoms with E-state index in [1.807, 2.05) is 19.3 Å².